The van der Waals surface area contributed by atoms with Crippen LogP contribution in [-0.2, 0) is 16.1 Å². The van der Waals surface area contributed by atoms with Gasteiger partial charge >= 0.3 is 0 Å². The van der Waals surface area contributed by atoms with Crippen molar-refractivity contribution in [3.05, 3.63) is 59.2 Å². The highest BCUT2D eigenvalue weighted by Crippen LogP contribution is 2.30. The zero-order chi connectivity index (χ0) is 18.5. The fourth-order valence-electron chi connectivity index (χ4n) is 3.04. The SMILES string of the molecule is CN(CCc1ccccc1)C(=O)CC1CC(C2=CC(F)=C(F)CC2)=NO1. The van der Waals surface area contributed by atoms with Crippen LogP contribution >= 0.6 is 0 Å². The van der Waals surface area contributed by atoms with E-state index in [2.05, 4.69) is 5.16 Å². The van der Waals surface area contributed by atoms with Crippen LogP contribution in [-0.4, -0.2) is 36.2 Å². The number of allylic oxidation sites excluding steroid dienone is 4. The van der Waals surface area contributed by atoms with Gasteiger partial charge in [-0.3, -0.25) is 4.79 Å². The molecule has 2 aliphatic rings. The summed E-state index contributed by atoms with van der Waals surface area (Å²) >= 11 is 0. The van der Waals surface area contributed by atoms with E-state index in [4.69, 9.17) is 4.84 Å². The van der Waals surface area contributed by atoms with E-state index in [1.807, 2.05) is 30.3 Å². The zero-order valence-electron chi connectivity index (χ0n) is 14.8. The van der Waals surface area contributed by atoms with Gasteiger partial charge in [-0.2, -0.15) is 0 Å². The summed E-state index contributed by atoms with van der Waals surface area (Å²) in [4.78, 5) is 19.4. The van der Waals surface area contributed by atoms with Gasteiger partial charge in [-0.05, 0) is 30.1 Å². The minimum atomic E-state index is -0.839. The van der Waals surface area contributed by atoms with Crippen molar-refractivity contribution in [2.75, 3.05) is 13.6 Å². The standard InChI is InChI=1S/C20H22F2N2O2/c1-24(10-9-14-5-3-2-4-6-14)20(25)13-16-12-19(23-26-16)15-7-8-17(21)18(22)11-15/h2-6,11,16H,7-10,12-13H2,1H3. The molecule has 1 aromatic rings. The van der Waals surface area contributed by atoms with Crippen molar-refractivity contribution in [1.29, 1.82) is 0 Å². The van der Waals surface area contributed by atoms with Gasteiger partial charge in [0.15, 0.2) is 5.83 Å². The molecule has 0 bridgehead atoms. The average molecular weight is 360 g/mol. The first-order valence-electron chi connectivity index (χ1n) is 8.78. The average Bonchev–Trinajstić information content (AvgIpc) is 3.11. The number of carbonyl (C=O) groups excluding carboxylic acids is 1. The Labute approximate surface area is 151 Å². The van der Waals surface area contributed by atoms with Crippen LogP contribution in [0.2, 0.25) is 0 Å². The molecule has 1 aliphatic carbocycles. The van der Waals surface area contributed by atoms with Gasteiger partial charge in [0.2, 0.25) is 5.91 Å². The molecule has 1 unspecified atom stereocenters. The number of benzene rings is 1. The molecule has 0 N–H and O–H groups in total. The number of nitrogens with zero attached hydrogens (tertiary/aromatic N) is 2. The maximum absolute atomic E-state index is 13.4. The Morgan fingerprint density at radius 3 is 2.77 bits per heavy atom. The van der Waals surface area contributed by atoms with Crippen LogP contribution in [0.4, 0.5) is 8.78 Å². The van der Waals surface area contributed by atoms with Gasteiger partial charge in [0, 0.05) is 26.4 Å². The number of halogens is 2. The van der Waals surface area contributed by atoms with E-state index in [1.54, 1.807) is 11.9 Å². The van der Waals surface area contributed by atoms with E-state index < -0.39 is 11.7 Å². The number of carbonyl (C=O) groups is 1. The zero-order valence-corrected chi connectivity index (χ0v) is 14.8. The molecular formula is C20H22F2N2O2. The predicted octanol–water partition coefficient (Wildman–Crippen LogP) is 4.09. The summed E-state index contributed by atoms with van der Waals surface area (Å²) < 4.78 is 26.5. The van der Waals surface area contributed by atoms with E-state index >= 15 is 0 Å². The number of amides is 1. The van der Waals surface area contributed by atoms with E-state index in [0.29, 0.717) is 30.7 Å². The molecule has 1 aliphatic heterocycles. The molecule has 0 saturated carbocycles. The lowest BCUT2D eigenvalue weighted by molar-refractivity contribution is -0.132. The molecule has 26 heavy (non-hydrogen) atoms. The highest BCUT2D eigenvalue weighted by atomic mass is 19.2. The highest BCUT2D eigenvalue weighted by molar-refractivity contribution is 6.01. The minimum absolute atomic E-state index is 0.0166. The normalized spacial score (nSPS) is 19.7. The van der Waals surface area contributed by atoms with Crippen molar-refractivity contribution in [2.24, 2.45) is 5.16 Å². The summed E-state index contributed by atoms with van der Waals surface area (Å²) in [5.41, 5.74) is 2.44. The molecule has 0 aromatic heterocycles. The first kappa shape index (κ1) is 18.3. The number of oxime groups is 1. The quantitative estimate of drug-likeness (QED) is 0.767. The van der Waals surface area contributed by atoms with Crippen molar-refractivity contribution in [3.8, 4) is 0 Å². The Bertz CT molecular complexity index is 756. The summed E-state index contributed by atoms with van der Waals surface area (Å²) in [7, 11) is 1.77. The van der Waals surface area contributed by atoms with E-state index in [9.17, 15) is 13.6 Å². The van der Waals surface area contributed by atoms with Crippen LogP contribution < -0.4 is 0 Å². The van der Waals surface area contributed by atoms with Crippen molar-refractivity contribution < 1.29 is 18.4 Å². The van der Waals surface area contributed by atoms with Crippen LogP contribution in [0.25, 0.3) is 0 Å². The van der Waals surface area contributed by atoms with Crippen LogP contribution in [0.1, 0.15) is 31.2 Å². The van der Waals surface area contributed by atoms with Crippen molar-refractivity contribution in [3.63, 3.8) is 0 Å². The van der Waals surface area contributed by atoms with Crippen molar-refractivity contribution in [1.82, 2.24) is 4.90 Å². The number of hydrogen-bond donors (Lipinski definition) is 0. The summed E-state index contributed by atoms with van der Waals surface area (Å²) in [5, 5.41) is 3.97. The molecule has 3 rings (SSSR count). The van der Waals surface area contributed by atoms with Crippen molar-refractivity contribution >= 4 is 11.6 Å². The Kier molecular flexibility index (Phi) is 5.81. The molecule has 1 amide bonds. The molecule has 0 spiro atoms. The molecule has 0 saturated heterocycles. The summed E-state index contributed by atoms with van der Waals surface area (Å²) in [6.45, 7) is 0.629. The monoisotopic (exact) mass is 360 g/mol. The summed E-state index contributed by atoms with van der Waals surface area (Å²) in [6, 6.07) is 9.99. The lowest BCUT2D eigenvalue weighted by atomic mass is 9.95. The Morgan fingerprint density at radius 2 is 2.04 bits per heavy atom. The first-order valence-corrected chi connectivity index (χ1v) is 8.78. The summed E-state index contributed by atoms with van der Waals surface area (Å²) in [6.07, 6.45) is 2.73. The van der Waals surface area contributed by atoms with Gasteiger partial charge in [0.05, 0.1) is 12.1 Å². The third-order valence-electron chi connectivity index (χ3n) is 4.68. The van der Waals surface area contributed by atoms with E-state index in [1.165, 1.54) is 11.6 Å². The van der Waals surface area contributed by atoms with Crippen LogP contribution in [0.15, 0.2) is 58.8 Å². The van der Waals surface area contributed by atoms with Gasteiger partial charge in [0.25, 0.3) is 0 Å². The Morgan fingerprint density at radius 1 is 1.27 bits per heavy atom. The minimum Gasteiger partial charge on any atom is -0.391 e. The summed E-state index contributed by atoms with van der Waals surface area (Å²) in [5.74, 6) is -1.58. The maximum atomic E-state index is 13.4. The Balaban J connectivity index is 1.47. The third-order valence-corrected chi connectivity index (χ3v) is 4.68. The fraction of sp³-hybridized carbons (Fsp3) is 0.400. The topological polar surface area (TPSA) is 41.9 Å². The number of rotatable bonds is 6. The maximum Gasteiger partial charge on any atom is 0.226 e. The van der Waals surface area contributed by atoms with Crippen molar-refractivity contribution in [2.45, 2.75) is 38.2 Å². The second-order valence-corrected chi connectivity index (χ2v) is 6.65. The fourth-order valence-corrected chi connectivity index (χ4v) is 3.04. The lowest BCUT2D eigenvalue weighted by Crippen LogP contribution is -2.31. The molecule has 138 valence electrons. The highest BCUT2D eigenvalue weighted by Gasteiger charge is 2.28. The second-order valence-electron chi connectivity index (χ2n) is 6.65. The third kappa shape index (κ3) is 4.56. The molecule has 1 atom stereocenters. The van der Waals surface area contributed by atoms with Gasteiger partial charge in [0.1, 0.15) is 11.9 Å². The second kappa shape index (κ2) is 8.25. The molecule has 0 fully saturated rings. The molecular weight excluding hydrogens is 338 g/mol. The van der Waals surface area contributed by atoms with Gasteiger partial charge in [-0.1, -0.05) is 35.5 Å². The van der Waals surface area contributed by atoms with Crippen LogP contribution in [0, 0.1) is 0 Å². The predicted molar refractivity (Wildman–Crippen MR) is 95.9 cm³/mol. The number of likely N-dealkylation sites (N-methyl/N-ethyl adjacent to an activating group) is 1. The van der Waals surface area contributed by atoms with Crippen LogP contribution in [0.5, 0.6) is 0 Å². The first-order chi connectivity index (χ1) is 12.5. The number of hydrogen-bond acceptors (Lipinski definition) is 3. The largest absolute Gasteiger partial charge is 0.391 e. The van der Waals surface area contributed by atoms with Crippen LogP contribution in [0.3, 0.4) is 0 Å². The smallest absolute Gasteiger partial charge is 0.226 e. The van der Waals surface area contributed by atoms with Gasteiger partial charge < -0.3 is 9.74 Å². The lowest BCUT2D eigenvalue weighted by Gasteiger charge is -2.18. The molecule has 0 radical (unpaired) electrons. The Hall–Kier alpha value is -2.50. The van der Waals surface area contributed by atoms with E-state index in [0.717, 1.165) is 6.42 Å². The molecule has 4 nitrogen and oxygen atoms in total. The molecule has 6 heteroatoms. The molecule has 1 heterocycles. The van der Waals surface area contributed by atoms with Gasteiger partial charge in [-0.25, -0.2) is 8.78 Å². The van der Waals surface area contributed by atoms with Gasteiger partial charge in [-0.15, -0.1) is 0 Å². The van der Waals surface area contributed by atoms with E-state index in [-0.39, 0.29) is 24.9 Å². The molecule has 1 aromatic carbocycles.